The van der Waals surface area contributed by atoms with Crippen molar-refractivity contribution < 1.29 is 4.79 Å². The second-order valence-corrected chi connectivity index (χ2v) is 7.82. The Hall–Kier alpha value is -0.180. The average Bonchev–Trinajstić information content (AvgIpc) is 2.26. The Kier molecular flexibility index (Phi) is 3.61. The van der Waals surface area contributed by atoms with Crippen molar-refractivity contribution in [3.05, 3.63) is 0 Å². The minimum atomic E-state index is 0.215. The molecule has 0 unspecified atom stereocenters. The third kappa shape index (κ3) is 2.56. The predicted molar refractivity (Wildman–Crippen MR) is 76.6 cm³/mol. The van der Waals surface area contributed by atoms with E-state index in [0.717, 1.165) is 24.3 Å². The minimum Gasteiger partial charge on any atom is -0.355 e. The topological polar surface area (TPSA) is 29.1 Å². The molecule has 2 nitrogen and oxygen atoms in total. The van der Waals surface area contributed by atoms with Gasteiger partial charge in [0, 0.05) is 6.54 Å². The van der Waals surface area contributed by atoms with Gasteiger partial charge in [-0.25, -0.2) is 0 Å². The molecule has 102 valence electrons. The quantitative estimate of drug-likeness (QED) is 0.829. The highest BCUT2D eigenvalue weighted by Gasteiger charge is 2.50. The van der Waals surface area contributed by atoms with Crippen LogP contribution in [0.1, 0.15) is 44.9 Å². The summed E-state index contributed by atoms with van der Waals surface area (Å²) in [5.74, 6) is 3.91. The molecule has 0 saturated heterocycles. The van der Waals surface area contributed by atoms with E-state index in [4.69, 9.17) is 0 Å². The van der Waals surface area contributed by atoms with Gasteiger partial charge in [0.15, 0.2) is 0 Å². The van der Waals surface area contributed by atoms with E-state index in [-0.39, 0.29) is 5.91 Å². The summed E-state index contributed by atoms with van der Waals surface area (Å²) < 4.78 is 0. The van der Waals surface area contributed by atoms with E-state index in [0.29, 0.717) is 11.2 Å². The molecule has 0 atom stereocenters. The Morgan fingerprint density at radius 3 is 2.22 bits per heavy atom. The van der Waals surface area contributed by atoms with E-state index in [1.54, 1.807) is 11.8 Å². The van der Waals surface area contributed by atoms with Crippen LogP contribution in [0.4, 0.5) is 0 Å². The molecule has 0 spiro atoms. The van der Waals surface area contributed by atoms with Crippen LogP contribution in [0, 0.1) is 23.2 Å². The summed E-state index contributed by atoms with van der Waals surface area (Å²) >= 11 is 1.61. The van der Waals surface area contributed by atoms with Gasteiger partial charge in [0.25, 0.3) is 0 Å². The van der Waals surface area contributed by atoms with Gasteiger partial charge in [-0.2, -0.15) is 11.8 Å². The fourth-order valence-electron chi connectivity index (χ4n) is 5.25. The highest BCUT2D eigenvalue weighted by Crippen LogP contribution is 2.61. The van der Waals surface area contributed by atoms with Crippen LogP contribution in [-0.2, 0) is 4.79 Å². The zero-order chi connectivity index (χ0) is 12.6. The maximum absolute atomic E-state index is 11.5. The molecule has 0 aliphatic heterocycles. The average molecular weight is 267 g/mol. The van der Waals surface area contributed by atoms with Gasteiger partial charge in [0.1, 0.15) is 0 Å². The largest absolute Gasteiger partial charge is 0.355 e. The van der Waals surface area contributed by atoms with Crippen LogP contribution >= 0.6 is 11.8 Å². The first-order chi connectivity index (χ1) is 8.69. The standard InChI is InChI=1S/C15H25NOS/c1-18-10-14(17)16-3-2-15-7-11-4-12(8-15)6-13(5-11)9-15/h11-13H,2-10H2,1H3,(H,16,17). The number of rotatable bonds is 5. The Morgan fingerprint density at radius 1 is 1.17 bits per heavy atom. The van der Waals surface area contributed by atoms with Crippen LogP contribution in [-0.4, -0.2) is 24.5 Å². The maximum Gasteiger partial charge on any atom is 0.229 e. The van der Waals surface area contributed by atoms with Crippen molar-refractivity contribution in [2.75, 3.05) is 18.6 Å². The summed E-state index contributed by atoms with van der Waals surface area (Å²) in [5, 5.41) is 3.10. The van der Waals surface area contributed by atoms with Gasteiger partial charge in [-0.15, -0.1) is 0 Å². The molecule has 0 aromatic rings. The zero-order valence-corrected chi connectivity index (χ0v) is 12.2. The molecular weight excluding hydrogens is 242 g/mol. The molecule has 18 heavy (non-hydrogen) atoms. The summed E-state index contributed by atoms with van der Waals surface area (Å²) in [6, 6.07) is 0. The first-order valence-corrected chi connectivity index (χ1v) is 8.84. The Morgan fingerprint density at radius 2 is 1.72 bits per heavy atom. The summed E-state index contributed by atoms with van der Waals surface area (Å²) in [4.78, 5) is 11.5. The van der Waals surface area contributed by atoms with Crippen molar-refractivity contribution >= 4 is 17.7 Å². The second kappa shape index (κ2) is 5.07. The van der Waals surface area contributed by atoms with Gasteiger partial charge in [-0.1, -0.05) is 0 Å². The Bertz CT molecular complexity index is 293. The van der Waals surface area contributed by atoms with Gasteiger partial charge >= 0.3 is 0 Å². The summed E-state index contributed by atoms with van der Waals surface area (Å²) in [7, 11) is 0. The van der Waals surface area contributed by atoms with E-state index in [2.05, 4.69) is 5.32 Å². The van der Waals surface area contributed by atoms with Crippen LogP contribution in [0.5, 0.6) is 0 Å². The van der Waals surface area contributed by atoms with E-state index < -0.39 is 0 Å². The van der Waals surface area contributed by atoms with Crippen molar-refractivity contribution in [3.8, 4) is 0 Å². The molecule has 4 aliphatic rings. The molecule has 4 bridgehead atoms. The normalized spacial score (nSPS) is 41.1. The fourth-order valence-corrected chi connectivity index (χ4v) is 5.61. The van der Waals surface area contributed by atoms with Crippen molar-refractivity contribution in [2.24, 2.45) is 23.2 Å². The fraction of sp³-hybridized carbons (Fsp3) is 0.933. The SMILES string of the molecule is CSCC(=O)NCCC12CC3CC(CC(C3)C1)C2. The lowest BCUT2D eigenvalue weighted by Crippen LogP contribution is -2.47. The van der Waals surface area contributed by atoms with E-state index >= 15 is 0 Å². The molecule has 4 fully saturated rings. The van der Waals surface area contributed by atoms with Gasteiger partial charge < -0.3 is 5.32 Å². The second-order valence-electron chi connectivity index (χ2n) is 6.95. The Balaban J connectivity index is 1.51. The third-order valence-electron chi connectivity index (χ3n) is 5.42. The number of carbonyl (C=O) groups excluding carboxylic acids is 1. The number of amides is 1. The third-order valence-corrected chi connectivity index (χ3v) is 5.97. The lowest BCUT2D eigenvalue weighted by molar-refractivity contribution is -0.118. The molecule has 3 heteroatoms. The Labute approximate surface area is 115 Å². The zero-order valence-electron chi connectivity index (χ0n) is 11.4. The molecule has 1 amide bonds. The van der Waals surface area contributed by atoms with Crippen LogP contribution < -0.4 is 5.32 Å². The number of thioether (sulfide) groups is 1. The van der Waals surface area contributed by atoms with Crippen LogP contribution in [0.3, 0.4) is 0 Å². The van der Waals surface area contributed by atoms with E-state index in [9.17, 15) is 4.79 Å². The summed E-state index contributed by atoms with van der Waals surface area (Å²) in [5.41, 5.74) is 0.612. The van der Waals surface area contributed by atoms with Crippen molar-refractivity contribution in [3.63, 3.8) is 0 Å². The lowest BCUT2D eigenvalue weighted by Gasteiger charge is -2.57. The van der Waals surface area contributed by atoms with Gasteiger partial charge in [-0.3, -0.25) is 4.79 Å². The van der Waals surface area contributed by atoms with Crippen LogP contribution in [0.25, 0.3) is 0 Å². The summed E-state index contributed by atoms with van der Waals surface area (Å²) in [6.07, 6.45) is 12.1. The van der Waals surface area contributed by atoms with Gasteiger partial charge in [-0.05, 0) is 74.4 Å². The molecule has 0 heterocycles. The molecule has 4 saturated carbocycles. The first kappa shape index (κ1) is 12.8. The van der Waals surface area contributed by atoms with E-state index in [1.807, 2.05) is 6.26 Å². The minimum absolute atomic E-state index is 0.215. The highest BCUT2D eigenvalue weighted by atomic mass is 32.2. The molecule has 0 aromatic carbocycles. The van der Waals surface area contributed by atoms with Crippen LogP contribution in [0.15, 0.2) is 0 Å². The molecule has 1 N–H and O–H groups in total. The number of hydrogen-bond acceptors (Lipinski definition) is 2. The smallest absolute Gasteiger partial charge is 0.229 e. The van der Waals surface area contributed by atoms with Crippen molar-refractivity contribution in [2.45, 2.75) is 44.9 Å². The number of hydrogen-bond donors (Lipinski definition) is 1. The van der Waals surface area contributed by atoms with Crippen molar-refractivity contribution in [1.29, 1.82) is 0 Å². The van der Waals surface area contributed by atoms with E-state index in [1.165, 1.54) is 44.9 Å². The molecule has 0 aromatic heterocycles. The number of nitrogens with one attached hydrogen (secondary N) is 1. The number of carbonyl (C=O) groups is 1. The molecule has 4 aliphatic carbocycles. The van der Waals surface area contributed by atoms with Crippen LogP contribution in [0.2, 0.25) is 0 Å². The van der Waals surface area contributed by atoms with Gasteiger partial charge in [0.2, 0.25) is 5.91 Å². The predicted octanol–water partition coefficient (Wildman–Crippen LogP) is 3.07. The summed E-state index contributed by atoms with van der Waals surface area (Å²) in [6.45, 7) is 0.908. The monoisotopic (exact) mass is 267 g/mol. The molecule has 4 rings (SSSR count). The lowest BCUT2D eigenvalue weighted by atomic mass is 9.49. The van der Waals surface area contributed by atoms with Gasteiger partial charge in [0.05, 0.1) is 5.75 Å². The van der Waals surface area contributed by atoms with Crippen molar-refractivity contribution in [1.82, 2.24) is 5.32 Å². The molecule has 0 radical (unpaired) electrons. The highest BCUT2D eigenvalue weighted by molar-refractivity contribution is 7.99. The molecular formula is C15H25NOS. The first-order valence-electron chi connectivity index (χ1n) is 7.45. The maximum atomic E-state index is 11.5.